The third-order valence-corrected chi connectivity index (χ3v) is 7.41. The zero-order chi connectivity index (χ0) is 25.9. The fourth-order valence-electron chi connectivity index (χ4n) is 5.42. The normalized spacial score (nSPS) is 25.2. The van der Waals surface area contributed by atoms with Crippen LogP contribution in [0.3, 0.4) is 0 Å². The molecule has 2 aromatic heterocycles. The quantitative estimate of drug-likeness (QED) is 0.649. The molecule has 194 valence electrons. The Morgan fingerprint density at radius 3 is 2.76 bits per heavy atom. The Bertz CT molecular complexity index is 1310. The number of aromatic nitrogens is 1. The lowest BCUT2D eigenvalue weighted by molar-refractivity contribution is -0.135. The molecule has 2 saturated heterocycles. The maximum atomic E-state index is 13.4. The van der Waals surface area contributed by atoms with Crippen LogP contribution in [0, 0.1) is 18.8 Å². The van der Waals surface area contributed by atoms with Gasteiger partial charge in [-0.05, 0) is 56.7 Å². The molecule has 1 unspecified atom stereocenters. The van der Waals surface area contributed by atoms with Crippen molar-refractivity contribution in [2.75, 3.05) is 31.5 Å². The number of primary amides is 1. The predicted molar refractivity (Wildman–Crippen MR) is 141 cm³/mol. The van der Waals surface area contributed by atoms with Gasteiger partial charge in [-0.15, -0.1) is 0 Å². The number of nitrogens with two attached hydrogens (primary N) is 1. The number of furan rings is 1. The van der Waals surface area contributed by atoms with Crippen molar-refractivity contribution < 1.29 is 18.8 Å². The van der Waals surface area contributed by atoms with Crippen LogP contribution in [0.15, 0.2) is 52.5 Å². The van der Waals surface area contributed by atoms with Gasteiger partial charge in [-0.25, -0.2) is 9.78 Å². The minimum Gasteiger partial charge on any atom is -0.430 e. The van der Waals surface area contributed by atoms with Gasteiger partial charge in [0.2, 0.25) is 17.4 Å². The smallest absolute Gasteiger partial charge is 0.321 e. The van der Waals surface area contributed by atoms with Crippen LogP contribution in [-0.2, 0) is 4.79 Å². The Morgan fingerprint density at radius 2 is 1.92 bits per heavy atom. The molecule has 0 radical (unpaired) electrons. The summed E-state index contributed by atoms with van der Waals surface area (Å²) in [5.74, 6) is -0.726. The average Bonchev–Trinajstić information content (AvgIpc) is 3.49. The highest BCUT2D eigenvalue weighted by atomic mass is 16.4. The van der Waals surface area contributed by atoms with Crippen LogP contribution >= 0.6 is 0 Å². The monoisotopic (exact) mass is 503 g/mol. The van der Waals surface area contributed by atoms with Gasteiger partial charge in [0.25, 0.3) is 5.91 Å². The molecule has 9 nitrogen and oxygen atoms in total. The van der Waals surface area contributed by atoms with Crippen LogP contribution in [-0.4, -0.2) is 58.8 Å². The molecule has 0 aromatic carbocycles. The number of hydrogen-bond acceptors (Lipinski definition) is 5. The zero-order valence-corrected chi connectivity index (χ0v) is 21.1. The van der Waals surface area contributed by atoms with Gasteiger partial charge in [-0.1, -0.05) is 30.4 Å². The minimum atomic E-state index is -0.786. The predicted octanol–water partition coefficient (Wildman–Crippen LogP) is 4.16. The van der Waals surface area contributed by atoms with Gasteiger partial charge in [0, 0.05) is 37.8 Å². The molecule has 0 saturated carbocycles. The number of nitrogens with one attached hydrogen (secondary N) is 1. The summed E-state index contributed by atoms with van der Waals surface area (Å²) in [6.45, 7) is 4.11. The second kappa shape index (κ2) is 10.6. The Kier molecular flexibility index (Phi) is 7.12. The van der Waals surface area contributed by atoms with Crippen molar-refractivity contribution in [1.29, 1.82) is 0 Å². The largest absolute Gasteiger partial charge is 0.430 e. The van der Waals surface area contributed by atoms with E-state index in [9.17, 15) is 14.4 Å². The standard InChI is InChI=1S/C28H33N5O4/c1-18-11-12-22-23(24(25(29)34)37-26(22)30-18)31-28(36)33-14-7-10-21(17-33)27(35)32-15-13-20(16-32)19-8-5-3-2-4-6-9-19/h3,5-6,8-9,11-12,20-21H,2,4,7,10,13-17H2,1H3,(H2,29,34)(H,31,36)/b5-3-,9-6-,19-8+/t20?,21-/m1/s1. The minimum absolute atomic E-state index is 0.109. The molecular formula is C28H33N5O4. The number of pyridine rings is 1. The number of urea groups is 1. The molecule has 2 fully saturated rings. The number of amides is 4. The van der Waals surface area contributed by atoms with Crippen molar-refractivity contribution in [2.24, 2.45) is 17.6 Å². The van der Waals surface area contributed by atoms with E-state index in [1.165, 1.54) is 5.57 Å². The molecule has 2 atom stereocenters. The summed E-state index contributed by atoms with van der Waals surface area (Å²) >= 11 is 0. The Balaban J connectivity index is 1.25. The number of aryl methyl sites for hydroxylation is 1. The summed E-state index contributed by atoms with van der Waals surface area (Å²) in [4.78, 5) is 46.5. The molecule has 1 aliphatic carbocycles. The van der Waals surface area contributed by atoms with Gasteiger partial charge >= 0.3 is 6.03 Å². The van der Waals surface area contributed by atoms with Gasteiger partial charge in [0.15, 0.2) is 0 Å². The number of anilines is 1. The molecule has 9 heteroatoms. The first-order chi connectivity index (χ1) is 17.9. The first-order valence-corrected chi connectivity index (χ1v) is 13.0. The summed E-state index contributed by atoms with van der Waals surface area (Å²) in [6, 6.07) is 3.13. The van der Waals surface area contributed by atoms with Crippen LogP contribution in [0.25, 0.3) is 11.1 Å². The summed E-state index contributed by atoms with van der Waals surface area (Å²) in [5.41, 5.74) is 7.94. The fraction of sp³-hybridized carbons (Fsp3) is 0.429. The highest BCUT2D eigenvalue weighted by Crippen LogP contribution is 2.32. The number of carbonyl (C=O) groups excluding carboxylic acids is 3. The lowest BCUT2D eigenvalue weighted by atomic mass is 9.95. The number of piperidine rings is 1. The molecule has 0 bridgehead atoms. The van der Waals surface area contributed by atoms with Crippen LogP contribution in [0.5, 0.6) is 0 Å². The van der Waals surface area contributed by atoms with Crippen molar-refractivity contribution >= 4 is 34.6 Å². The number of likely N-dealkylation sites (tertiary alicyclic amines) is 2. The lowest BCUT2D eigenvalue weighted by Gasteiger charge is -2.34. The maximum absolute atomic E-state index is 13.4. The van der Waals surface area contributed by atoms with Crippen molar-refractivity contribution in [2.45, 2.75) is 39.0 Å². The number of carbonyl (C=O) groups is 3. The maximum Gasteiger partial charge on any atom is 0.321 e. The van der Waals surface area contributed by atoms with E-state index >= 15 is 0 Å². The molecule has 3 N–H and O–H groups in total. The van der Waals surface area contributed by atoms with Crippen LogP contribution in [0.1, 0.15) is 48.4 Å². The van der Waals surface area contributed by atoms with Gasteiger partial charge < -0.3 is 25.3 Å². The fourth-order valence-corrected chi connectivity index (χ4v) is 5.42. The second-order valence-corrected chi connectivity index (χ2v) is 10.0. The number of nitrogens with zero attached hydrogens (tertiary/aromatic N) is 3. The zero-order valence-electron chi connectivity index (χ0n) is 21.1. The number of allylic oxidation sites excluding steroid dienone is 5. The van der Waals surface area contributed by atoms with Gasteiger partial charge in [0.1, 0.15) is 5.69 Å². The third-order valence-electron chi connectivity index (χ3n) is 7.41. The molecule has 0 spiro atoms. The summed E-state index contributed by atoms with van der Waals surface area (Å²) in [6.07, 6.45) is 15.4. The van der Waals surface area contributed by atoms with Gasteiger partial charge in [-0.3, -0.25) is 9.59 Å². The number of hydrogen-bond donors (Lipinski definition) is 2. The van der Waals surface area contributed by atoms with Crippen molar-refractivity contribution in [3.05, 3.63) is 59.5 Å². The van der Waals surface area contributed by atoms with Gasteiger partial charge in [-0.2, -0.15) is 0 Å². The van der Waals surface area contributed by atoms with Crippen LogP contribution in [0.4, 0.5) is 10.5 Å². The number of rotatable bonds is 4. The SMILES string of the molecule is Cc1ccc2c(NC(=O)N3CCC[C@@H](C(=O)N4CCC(C5=C/C=C\CC/C=C\5)C4)C3)c(C(N)=O)oc2n1. The molecule has 5 rings (SSSR count). The third kappa shape index (κ3) is 5.30. The van der Waals surface area contributed by atoms with E-state index in [-0.39, 0.29) is 35.0 Å². The van der Waals surface area contributed by atoms with Crippen molar-refractivity contribution in [3.63, 3.8) is 0 Å². The average molecular weight is 504 g/mol. The second-order valence-electron chi connectivity index (χ2n) is 10.0. The molecule has 2 aromatic rings. The first-order valence-electron chi connectivity index (χ1n) is 13.0. The van der Waals surface area contributed by atoms with E-state index in [1.807, 2.05) is 4.90 Å². The first kappa shape index (κ1) is 24.8. The number of fused-ring (bicyclic) bond motifs is 1. The topological polar surface area (TPSA) is 122 Å². The van der Waals surface area contributed by atoms with E-state index in [4.69, 9.17) is 10.2 Å². The highest BCUT2D eigenvalue weighted by Gasteiger charge is 2.35. The van der Waals surface area contributed by atoms with E-state index in [2.05, 4.69) is 40.7 Å². The molecule has 2 aliphatic heterocycles. The van der Waals surface area contributed by atoms with E-state index in [0.29, 0.717) is 30.9 Å². The van der Waals surface area contributed by atoms with E-state index < -0.39 is 5.91 Å². The molecule has 37 heavy (non-hydrogen) atoms. The van der Waals surface area contributed by atoms with Crippen molar-refractivity contribution in [1.82, 2.24) is 14.8 Å². The summed E-state index contributed by atoms with van der Waals surface area (Å²) < 4.78 is 5.54. The molecule has 4 amide bonds. The Hall–Kier alpha value is -3.88. The molecule has 4 heterocycles. The Labute approximate surface area is 216 Å². The molecular weight excluding hydrogens is 470 g/mol. The van der Waals surface area contributed by atoms with Crippen LogP contribution in [0.2, 0.25) is 0 Å². The van der Waals surface area contributed by atoms with Gasteiger partial charge in [0.05, 0.1) is 11.3 Å². The summed E-state index contributed by atoms with van der Waals surface area (Å²) in [7, 11) is 0. The Morgan fingerprint density at radius 1 is 1.08 bits per heavy atom. The molecule has 3 aliphatic rings. The van der Waals surface area contributed by atoms with E-state index in [1.54, 1.807) is 24.0 Å². The van der Waals surface area contributed by atoms with Crippen LogP contribution < -0.4 is 11.1 Å². The van der Waals surface area contributed by atoms with E-state index in [0.717, 1.165) is 44.3 Å². The van der Waals surface area contributed by atoms with Crippen molar-refractivity contribution in [3.8, 4) is 0 Å². The summed E-state index contributed by atoms with van der Waals surface area (Å²) in [5, 5.41) is 3.31. The highest BCUT2D eigenvalue weighted by molar-refractivity contribution is 6.09. The lowest BCUT2D eigenvalue weighted by Crippen LogP contribution is -2.47.